The molecule has 2 aromatic rings. The van der Waals surface area contributed by atoms with Gasteiger partial charge in [0.05, 0.1) is 19.1 Å². The standard InChI is InChI=1S/C24H30N2O6/c1-3-30-23(28)24(11-5-12-26(16-24)22(27)21-6-4-13-31-21)15-19-14-20(25-32-19)17-7-9-18(29-2)10-8-17/h7-10,14,21H,3-6,11-13,15-16H2,1-2H3/t21-,24+/m1/s1. The van der Waals surface area contributed by atoms with Crippen LogP contribution in [0.5, 0.6) is 5.75 Å². The van der Waals surface area contributed by atoms with Crippen LogP contribution in [0.3, 0.4) is 0 Å². The lowest BCUT2D eigenvalue weighted by atomic mass is 9.76. The van der Waals surface area contributed by atoms with Gasteiger partial charge < -0.3 is 23.6 Å². The maximum Gasteiger partial charge on any atom is 0.314 e. The number of methoxy groups -OCH3 is 1. The maximum atomic E-state index is 13.1. The topological polar surface area (TPSA) is 91.1 Å². The molecule has 0 N–H and O–H groups in total. The summed E-state index contributed by atoms with van der Waals surface area (Å²) in [5.74, 6) is 1.02. The van der Waals surface area contributed by atoms with E-state index in [2.05, 4.69) is 5.16 Å². The van der Waals surface area contributed by atoms with Crippen molar-refractivity contribution in [1.29, 1.82) is 0 Å². The van der Waals surface area contributed by atoms with Gasteiger partial charge in [-0.2, -0.15) is 0 Å². The molecule has 8 nitrogen and oxygen atoms in total. The van der Waals surface area contributed by atoms with Gasteiger partial charge in [-0.3, -0.25) is 9.59 Å². The molecular weight excluding hydrogens is 412 g/mol. The van der Waals surface area contributed by atoms with Crippen molar-refractivity contribution in [3.63, 3.8) is 0 Å². The van der Waals surface area contributed by atoms with Gasteiger partial charge in [0.25, 0.3) is 5.91 Å². The number of hydrogen-bond acceptors (Lipinski definition) is 7. The number of aromatic nitrogens is 1. The van der Waals surface area contributed by atoms with E-state index in [1.807, 2.05) is 30.3 Å². The van der Waals surface area contributed by atoms with Crippen LogP contribution in [-0.4, -0.2) is 61.5 Å². The number of carbonyl (C=O) groups is 2. The van der Waals surface area contributed by atoms with Crippen molar-refractivity contribution >= 4 is 11.9 Å². The van der Waals surface area contributed by atoms with Crippen LogP contribution >= 0.6 is 0 Å². The zero-order valence-electron chi connectivity index (χ0n) is 18.7. The average molecular weight is 443 g/mol. The molecule has 0 radical (unpaired) electrons. The van der Waals surface area contributed by atoms with E-state index in [0.717, 1.165) is 30.6 Å². The molecule has 0 unspecified atom stereocenters. The van der Waals surface area contributed by atoms with Gasteiger partial charge >= 0.3 is 5.97 Å². The summed E-state index contributed by atoms with van der Waals surface area (Å²) in [5, 5.41) is 4.19. The Kier molecular flexibility index (Phi) is 6.79. The number of esters is 1. The van der Waals surface area contributed by atoms with Crippen LogP contribution in [-0.2, 0) is 25.5 Å². The average Bonchev–Trinajstić information content (AvgIpc) is 3.51. The molecule has 0 spiro atoms. The summed E-state index contributed by atoms with van der Waals surface area (Å²) < 4.78 is 21.8. The van der Waals surface area contributed by atoms with E-state index in [1.54, 1.807) is 18.9 Å². The minimum atomic E-state index is -0.862. The third-order valence-electron chi connectivity index (χ3n) is 6.26. The highest BCUT2D eigenvalue weighted by Gasteiger charge is 2.46. The van der Waals surface area contributed by atoms with E-state index < -0.39 is 11.5 Å². The number of likely N-dealkylation sites (tertiary alicyclic amines) is 1. The number of carbonyl (C=O) groups excluding carboxylic acids is 2. The van der Waals surface area contributed by atoms with Crippen molar-refractivity contribution in [1.82, 2.24) is 10.1 Å². The highest BCUT2D eigenvalue weighted by molar-refractivity contribution is 5.83. The molecule has 32 heavy (non-hydrogen) atoms. The van der Waals surface area contributed by atoms with Crippen molar-refractivity contribution in [2.45, 2.75) is 45.1 Å². The van der Waals surface area contributed by atoms with Gasteiger partial charge in [0.1, 0.15) is 23.3 Å². The molecule has 2 aliphatic rings. The van der Waals surface area contributed by atoms with E-state index >= 15 is 0 Å². The first kappa shape index (κ1) is 22.3. The van der Waals surface area contributed by atoms with E-state index in [1.165, 1.54) is 0 Å². The van der Waals surface area contributed by atoms with Gasteiger partial charge in [0.2, 0.25) is 0 Å². The van der Waals surface area contributed by atoms with Crippen LogP contribution in [0.2, 0.25) is 0 Å². The second-order valence-electron chi connectivity index (χ2n) is 8.45. The van der Waals surface area contributed by atoms with Crippen LogP contribution in [0.15, 0.2) is 34.9 Å². The molecule has 1 aromatic heterocycles. The number of rotatable bonds is 7. The predicted molar refractivity (Wildman–Crippen MR) is 116 cm³/mol. The molecule has 8 heteroatoms. The molecule has 0 aliphatic carbocycles. The number of amides is 1. The van der Waals surface area contributed by atoms with E-state index in [0.29, 0.717) is 44.0 Å². The molecule has 1 amide bonds. The molecule has 1 aromatic carbocycles. The first-order valence-electron chi connectivity index (χ1n) is 11.2. The van der Waals surface area contributed by atoms with Crippen molar-refractivity contribution in [3.05, 3.63) is 36.1 Å². The minimum absolute atomic E-state index is 0.0348. The van der Waals surface area contributed by atoms with E-state index in [4.69, 9.17) is 18.7 Å². The van der Waals surface area contributed by atoms with Gasteiger partial charge in [-0.1, -0.05) is 5.16 Å². The van der Waals surface area contributed by atoms with Crippen molar-refractivity contribution in [2.75, 3.05) is 33.4 Å². The Morgan fingerprint density at radius 3 is 2.75 bits per heavy atom. The Labute approximate surface area is 187 Å². The zero-order valence-corrected chi connectivity index (χ0v) is 18.7. The SMILES string of the molecule is CCOC(=O)[C@]1(Cc2cc(-c3ccc(OC)cc3)no2)CCCN(C(=O)[C@H]2CCCO2)C1. The lowest BCUT2D eigenvalue weighted by molar-refractivity contribution is -0.162. The van der Waals surface area contributed by atoms with Gasteiger partial charge in [-0.15, -0.1) is 0 Å². The summed E-state index contributed by atoms with van der Waals surface area (Å²) in [6.07, 6.45) is 2.88. The summed E-state index contributed by atoms with van der Waals surface area (Å²) in [4.78, 5) is 27.8. The maximum absolute atomic E-state index is 13.1. The summed E-state index contributed by atoms with van der Waals surface area (Å²) in [6, 6.07) is 9.39. The Morgan fingerprint density at radius 2 is 2.06 bits per heavy atom. The highest BCUT2D eigenvalue weighted by Crippen LogP contribution is 2.37. The Balaban J connectivity index is 1.54. The Morgan fingerprint density at radius 1 is 1.25 bits per heavy atom. The van der Waals surface area contributed by atoms with E-state index in [-0.39, 0.29) is 18.5 Å². The molecule has 3 heterocycles. The molecule has 2 aliphatic heterocycles. The molecule has 2 fully saturated rings. The molecule has 172 valence electrons. The fourth-order valence-corrected chi connectivity index (χ4v) is 4.59. The monoisotopic (exact) mass is 442 g/mol. The third kappa shape index (κ3) is 4.65. The highest BCUT2D eigenvalue weighted by atomic mass is 16.5. The first-order valence-corrected chi connectivity index (χ1v) is 11.2. The zero-order chi connectivity index (χ0) is 22.6. The minimum Gasteiger partial charge on any atom is -0.497 e. The van der Waals surface area contributed by atoms with Crippen molar-refractivity contribution < 1.29 is 28.3 Å². The lowest BCUT2D eigenvalue weighted by Crippen LogP contribution is -2.53. The predicted octanol–water partition coefficient (Wildman–Crippen LogP) is 3.24. The molecule has 2 saturated heterocycles. The van der Waals surface area contributed by atoms with Crippen molar-refractivity contribution in [2.24, 2.45) is 5.41 Å². The molecular formula is C24H30N2O6. The van der Waals surface area contributed by atoms with Crippen LogP contribution in [0.1, 0.15) is 38.4 Å². The summed E-state index contributed by atoms with van der Waals surface area (Å²) in [7, 11) is 1.62. The second kappa shape index (κ2) is 9.73. The fraction of sp³-hybridized carbons (Fsp3) is 0.542. The smallest absolute Gasteiger partial charge is 0.314 e. The van der Waals surface area contributed by atoms with Crippen molar-refractivity contribution in [3.8, 4) is 17.0 Å². The first-order chi connectivity index (χ1) is 15.5. The molecule has 4 rings (SSSR count). The summed E-state index contributed by atoms with van der Waals surface area (Å²) >= 11 is 0. The number of nitrogens with zero attached hydrogens (tertiary/aromatic N) is 2. The van der Waals surface area contributed by atoms with Gasteiger partial charge in [-0.25, -0.2) is 0 Å². The quantitative estimate of drug-likeness (QED) is 0.608. The normalized spacial score (nSPS) is 23.2. The number of benzene rings is 1. The molecule has 2 atom stereocenters. The second-order valence-corrected chi connectivity index (χ2v) is 8.45. The van der Waals surface area contributed by atoms with Crippen LogP contribution in [0.25, 0.3) is 11.3 Å². The summed E-state index contributed by atoms with van der Waals surface area (Å²) in [6.45, 7) is 3.60. The lowest BCUT2D eigenvalue weighted by Gasteiger charge is -2.41. The fourth-order valence-electron chi connectivity index (χ4n) is 4.59. The van der Waals surface area contributed by atoms with Crippen LogP contribution in [0, 0.1) is 5.41 Å². The van der Waals surface area contributed by atoms with Crippen LogP contribution in [0.4, 0.5) is 0 Å². The van der Waals surface area contributed by atoms with Crippen LogP contribution < -0.4 is 4.74 Å². The summed E-state index contributed by atoms with van der Waals surface area (Å²) in [5.41, 5.74) is 0.716. The van der Waals surface area contributed by atoms with Gasteiger partial charge in [0.15, 0.2) is 0 Å². The van der Waals surface area contributed by atoms with Gasteiger partial charge in [-0.05, 0) is 56.9 Å². The Hall–Kier alpha value is -2.87. The third-order valence-corrected chi connectivity index (χ3v) is 6.26. The van der Waals surface area contributed by atoms with E-state index in [9.17, 15) is 9.59 Å². The molecule has 0 saturated carbocycles. The number of piperidine rings is 1. The number of hydrogen-bond donors (Lipinski definition) is 0. The number of ether oxygens (including phenoxy) is 3. The largest absolute Gasteiger partial charge is 0.497 e. The molecule has 0 bridgehead atoms. The van der Waals surface area contributed by atoms with Gasteiger partial charge in [0, 0.05) is 37.7 Å². The Bertz CT molecular complexity index is 934.